The molecule has 0 saturated carbocycles. The summed E-state index contributed by atoms with van der Waals surface area (Å²) in [5.74, 6) is 0.347. The second-order valence-electron chi connectivity index (χ2n) is 6.46. The van der Waals surface area contributed by atoms with Crippen LogP contribution < -0.4 is 4.74 Å². The lowest BCUT2D eigenvalue weighted by Crippen LogP contribution is -2.22. The van der Waals surface area contributed by atoms with E-state index in [1.54, 1.807) is 6.08 Å². The van der Waals surface area contributed by atoms with E-state index in [0.29, 0.717) is 12.3 Å². The summed E-state index contributed by atoms with van der Waals surface area (Å²) in [6.45, 7) is 7.88. The van der Waals surface area contributed by atoms with Crippen LogP contribution in [-0.2, 0) is 16.1 Å². The molecule has 4 heteroatoms. The number of hydrogen-bond acceptors (Lipinski definition) is 4. The van der Waals surface area contributed by atoms with E-state index in [9.17, 15) is 4.79 Å². The topological polar surface area (TPSA) is 48.4 Å². The molecule has 2 aromatic rings. The van der Waals surface area contributed by atoms with E-state index in [1.165, 1.54) is 6.08 Å². The number of carbonyl (C=O) groups is 1. The molecular weight excluding hydrogens is 302 g/mol. The molecule has 0 amide bonds. The highest BCUT2D eigenvalue weighted by atomic mass is 16.6. The van der Waals surface area contributed by atoms with Gasteiger partial charge in [0.15, 0.2) is 0 Å². The molecule has 2 rings (SSSR count). The number of benzene rings is 1. The normalized spacial score (nSPS) is 11.5. The van der Waals surface area contributed by atoms with Crippen LogP contribution in [0, 0.1) is 6.92 Å². The summed E-state index contributed by atoms with van der Waals surface area (Å²) in [6.07, 6.45) is 3.03. The summed E-state index contributed by atoms with van der Waals surface area (Å²) in [5.41, 5.74) is 2.06. The van der Waals surface area contributed by atoms with Crippen molar-refractivity contribution in [3.05, 3.63) is 65.5 Å². The number of nitrogens with zero attached hydrogens (tertiary/aromatic N) is 1. The van der Waals surface area contributed by atoms with Crippen LogP contribution in [0.3, 0.4) is 0 Å². The van der Waals surface area contributed by atoms with Crippen molar-refractivity contribution in [3.8, 4) is 5.75 Å². The third kappa shape index (κ3) is 5.88. The third-order valence-corrected chi connectivity index (χ3v) is 3.09. The fraction of sp³-hybridized carbons (Fsp3) is 0.300. The molecule has 0 aliphatic carbocycles. The average Bonchev–Trinajstić information content (AvgIpc) is 2.51. The third-order valence-electron chi connectivity index (χ3n) is 3.09. The van der Waals surface area contributed by atoms with Crippen molar-refractivity contribution in [1.82, 2.24) is 4.98 Å². The molecule has 126 valence electrons. The molecule has 0 N–H and O–H groups in total. The van der Waals surface area contributed by atoms with E-state index in [2.05, 4.69) is 4.98 Å². The van der Waals surface area contributed by atoms with Crippen LogP contribution in [0.2, 0.25) is 0 Å². The Hall–Kier alpha value is -2.62. The van der Waals surface area contributed by atoms with E-state index in [1.807, 2.05) is 70.2 Å². The van der Waals surface area contributed by atoms with Crippen LogP contribution in [0.15, 0.2) is 48.5 Å². The molecule has 0 fully saturated rings. The molecule has 0 radical (unpaired) electrons. The monoisotopic (exact) mass is 325 g/mol. The second kappa shape index (κ2) is 7.77. The Balaban J connectivity index is 1.98. The zero-order valence-corrected chi connectivity index (χ0v) is 14.6. The van der Waals surface area contributed by atoms with Gasteiger partial charge in [0.05, 0.1) is 11.4 Å². The molecule has 1 aromatic heterocycles. The minimum Gasteiger partial charge on any atom is -0.487 e. The first-order valence-electron chi connectivity index (χ1n) is 7.89. The van der Waals surface area contributed by atoms with Gasteiger partial charge in [0, 0.05) is 6.08 Å². The molecule has 4 nitrogen and oxygen atoms in total. The molecule has 0 aliphatic rings. The highest BCUT2D eigenvalue weighted by Crippen LogP contribution is 2.18. The van der Waals surface area contributed by atoms with Gasteiger partial charge in [0.1, 0.15) is 18.0 Å². The summed E-state index contributed by atoms with van der Waals surface area (Å²) in [6, 6.07) is 13.6. The van der Waals surface area contributed by atoms with Crippen molar-refractivity contribution >= 4 is 12.0 Å². The first-order valence-corrected chi connectivity index (χ1v) is 7.89. The molecule has 1 aromatic carbocycles. The lowest BCUT2D eigenvalue weighted by molar-refractivity contribution is -0.148. The van der Waals surface area contributed by atoms with Gasteiger partial charge in [-0.15, -0.1) is 0 Å². The Labute approximate surface area is 143 Å². The van der Waals surface area contributed by atoms with Crippen LogP contribution in [0.5, 0.6) is 5.75 Å². The number of esters is 1. The number of hydrogen-bond donors (Lipinski definition) is 0. The highest BCUT2D eigenvalue weighted by Gasteiger charge is 2.13. The molecule has 1 heterocycles. The van der Waals surface area contributed by atoms with Crippen molar-refractivity contribution in [2.45, 2.75) is 39.9 Å². The van der Waals surface area contributed by atoms with E-state index in [-0.39, 0.29) is 5.97 Å². The summed E-state index contributed by atoms with van der Waals surface area (Å²) in [4.78, 5) is 16.1. The van der Waals surface area contributed by atoms with Crippen LogP contribution in [-0.4, -0.2) is 16.6 Å². The smallest absolute Gasteiger partial charge is 0.331 e. The van der Waals surface area contributed by atoms with Gasteiger partial charge in [0.2, 0.25) is 0 Å². The molecule has 0 unspecified atom stereocenters. The van der Waals surface area contributed by atoms with Gasteiger partial charge in [-0.2, -0.15) is 0 Å². The molecule has 0 bridgehead atoms. The summed E-state index contributed by atoms with van der Waals surface area (Å²) in [5, 5.41) is 0. The summed E-state index contributed by atoms with van der Waals surface area (Å²) in [7, 11) is 0. The quantitative estimate of drug-likeness (QED) is 0.606. The fourth-order valence-corrected chi connectivity index (χ4v) is 2.04. The van der Waals surface area contributed by atoms with Crippen LogP contribution >= 0.6 is 0 Å². The lowest BCUT2D eigenvalue weighted by Gasteiger charge is -2.17. The molecule has 0 spiro atoms. The molecule has 24 heavy (non-hydrogen) atoms. The van der Waals surface area contributed by atoms with E-state index < -0.39 is 5.60 Å². The van der Waals surface area contributed by atoms with Gasteiger partial charge in [-0.05, 0) is 51.5 Å². The maximum absolute atomic E-state index is 11.7. The Morgan fingerprint density at radius 2 is 1.83 bits per heavy atom. The Morgan fingerprint density at radius 1 is 1.12 bits per heavy atom. The van der Waals surface area contributed by atoms with E-state index in [4.69, 9.17) is 9.47 Å². The van der Waals surface area contributed by atoms with Gasteiger partial charge < -0.3 is 9.47 Å². The van der Waals surface area contributed by atoms with Gasteiger partial charge in [0.25, 0.3) is 0 Å². The zero-order valence-electron chi connectivity index (χ0n) is 14.6. The summed E-state index contributed by atoms with van der Waals surface area (Å²) >= 11 is 0. The predicted octanol–water partition coefficient (Wildman–Crippen LogP) is 4.32. The zero-order chi connectivity index (χ0) is 17.6. The van der Waals surface area contributed by atoms with Gasteiger partial charge in [-0.25, -0.2) is 9.78 Å². The largest absolute Gasteiger partial charge is 0.487 e. The number of aromatic nitrogens is 1. The van der Waals surface area contributed by atoms with Crippen molar-refractivity contribution in [2.24, 2.45) is 0 Å². The SMILES string of the molecule is Cc1nc(C=CC(=O)OC(C)(C)C)ccc1OCc1ccccc1. The van der Waals surface area contributed by atoms with Crippen molar-refractivity contribution in [3.63, 3.8) is 0 Å². The minimum absolute atomic E-state index is 0.383. The van der Waals surface area contributed by atoms with Crippen LogP contribution in [0.4, 0.5) is 0 Å². The second-order valence-corrected chi connectivity index (χ2v) is 6.46. The first kappa shape index (κ1) is 17.7. The first-order chi connectivity index (χ1) is 11.3. The van der Waals surface area contributed by atoms with Crippen molar-refractivity contribution < 1.29 is 14.3 Å². The molecule has 0 aliphatic heterocycles. The lowest BCUT2D eigenvalue weighted by atomic mass is 10.2. The van der Waals surface area contributed by atoms with Crippen LogP contribution in [0.25, 0.3) is 6.08 Å². The number of carbonyl (C=O) groups excluding carboxylic acids is 1. The van der Waals surface area contributed by atoms with Crippen LogP contribution in [0.1, 0.15) is 37.7 Å². The van der Waals surface area contributed by atoms with Gasteiger partial charge in [-0.1, -0.05) is 30.3 Å². The Morgan fingerprint density at radius 3 is 2.46 bits per heavy atom. The maximum atomic E-state index is 11.7. The van der Waals surface area contributed by atoms with E-state index in [0.717, 1.165) is 17.0 Å². The molecular formula is C20H23NO3. The number of pyridine rings is 1. The Kier molecular flexibility index (Phi) is 5.74. The van der Waals surface area contributed by atoms with E-state index >= 15 is 0 Å². The summed E-state index contributed by atoms with van der Waals surface area (Å²) < 4.78 is 11.0. The predicted molar refractivity (Wildman–Crippen MR) is 94.6 cm³/mol. The minimum atomic E-state index is -0.500. The number of ether oxygens (including phenoxy) is 2. The van der Waals surface area contributed by atoms with Crippen molar-refractivity contribution in [2.75, 3.05) is 0 Å². The van der Waals surface area contributed by atoms with Crippen molar-refractivity contribution in [1.29, 1.82) is 0 Å². The Bertz CT molecular complexity index is 715. The van der Waals surface area contributed by atoms with Gasteiger partial charge >= 0.3 is 5.97 Å². The maximum Gasteiger partial charge on any atom is 0.331 e. The van der Waals surface area contributed by atoms with Gasteiger partial charge in [-0.3, -0.25) is 0 Å². The fourth-order valence-electron chi connectivity index (χ4n) is 2.04. The molecule has 0 atom stereocenters. The number of rotatable bonds is 5. The number of aryl methyl sites for hydroxylation is 1. The standard InChI is InChI=1S/C20H23NO3/c1-15-18(23-14-16-8-6-5-7-9-16)12-10-17(21-15)11-13-19(22)24-20(2,3)4/h5-13H,14H2,1-4H3. The average molecular weight is 325 g/mol. The molecule has 0 saturated heterocycles. The highest BCUT2D eigenvalue weighted by molar-refractivity contribution is 5.87.